The van der Waals surface area contributed by atoms with Gasteiger partial charge in [-0.2, -0.15) is 0 Å². The number of nitrogens with two attached hydrogens (primary N) is 1. The molecule has 0 amide bonds. The molecule has 1 aromatic heterocycles. The molecule has 2 aromatic rings. The lowest BCUT2D eigenvalue weighted by atomic mass is 10.0. The summed E-state index contributed by atoms with van der Waals surface area (Å²) in [6.07, 6.45) is 2.64. The van der Waals surface area contributed by atoms with Crippen LogP contribution in [0.4, 0.5) is 0 Å². The number of hydrogen-bond acceptors (Lipinski definition) is 3. The van der Waals surface area contributed by atoms with Crippen LogP contribution >= 0.6 is 38.9 Å². The highest BCUT2D eigenvalue weighted by Crippen LogP contribution is 2.25. The van der Waals surface area contributed by atoms with Crippen LogP contribution in [0.25, 0.3) is 0 Å². The number of aromatic nitrogens is 1. The van der Waals surface area contributed by atoms with Gasteiger partial charge in [-0.15, -0.1) is 11.3 Å². The van der Waals surface area contributed by atoms with Crippen LogP contribution in [-0.2, 0) is 6.42 Å². The smallest absolute Gasteiger partial charge is 0.0794 e. The Kier molecular flexibility index (Phi) is 3.97. The summed E-state index contributed by atoms with van der Waals surface area (Å²) in [5.74, 6) is 0. The molecule has 0 aliphatic heterocycles. The third-order valence-electron chi connectivity index (χ3n) is 2.22. The second-order valence-corrected chi connectivity index (χ2v) is 5.80. The Labute approximate surface area is 112 Å². The molecule has 16 heavy (non-hydrogen) atoms. The summed E-state index contributed by atoms with van der Waals surface area (Å²) >= 11 is 11.0. The molecule has 1 atom stereocenters. The van der Waals surface area contributed by atoms with E-state index >= 15 is 0 Å². The van der Waals surface area contributed by atoms with Crippen LogP contribution < -0.4 is 5.73 Å². The van der Waals surface area contributed by atoms with E-state index in [9.17, 15) is 0 Å². The first-order chi connectivity index (χ1) is 7.65. The molecule has 0 radical (unpaired) electrons. The van der Waals surface area contributed by atoms with Crippen molar-refractivity contribution in [2.24, 2.45) is 5.73 Å². The Morgan fingerprint density at radius 3 is 2.88 bits per heavy atom. The summed E-state index contributed by atoms with van der Waals surface area (Å²) in [4.78, 5) is 5.22. The third-order valence-corrected chi connectivity index (χ3v) is 3.70. The lowest BCUT2D eigenvalue weighted by Gasteiger charge is -2.11. The molecule has 84 valence electrons. The maximum atomic E-state index is 6.12. The molecule has 5 heteroatoms. The van der Waals surface area contributed by atoms with Gasteiger partial charge in [0.05, 0.1) is 5.51 Å². The first-order valence-corrected chi connectivity index (χ1v) is 6.79. The van der Waals surface area contributed by atoms with Gasteiger partial charge in [0.2, 0.25) is 0 Å². The molecule has 2 rings (SSSR count). The van der Waals surface area contributed by atoms with Crippen molar-refractivity contribution in [3.63, 3.8) is 0 Å². The Hall–Kier alpha value is -0.420. The Bertz CT molecular complexity index is 453. The molecular formula is C11H10BrClN2S. The van der Waals surface area contributed by atoms with E-state index in [0.29, 0.717) is 5.02 Å². The van der Waals surface area contributed by atoms with Crippen molar-refractivity contribution >= 4 is 38.9 Å². The molecule has 0 spiro atoms. The van der Waals surface area contributed by atoms with E-state index < -0.39 is 0 Å². The summed E-state index contributed by atoms with van der Waals surface area (Å²) in [5, 5.41) is 0.698. The zero-order valence-corrected chi connectivity index (χ0v) is 11.5. The van der Waals surface area contributed by atoms with E-state index in [4.69, 9.17) is 17.3 Å². The highest BCUT2D eigenvalue weighted by molar-refractivity contribution is 9.10. The Morgan fingerprint density at radius 2 is 2.25 bits per heavy atom. The number of hydrogen-bond donors (Lipinski definition) is 1. The van der Waals surface area contributed by atoms with E-state index in [1.807, 2.05) is 29.9 Å². The molecule has 1 aromatic carbocycles. The van der Waals surface area contributed by atoms with Gasteiger partial charge in [0, 0.05) is 33.0 Å². The van der Waals surface area contributed by atoms with E-state index in [-0.39, 0.29) is 6.04 Å². The molecule has 2 nitrogen and oxygen atoms in total. The monoisotopic (exact) mass is 316 g/mol. The lowest BCUT2D eigenvalue weighted by molar-refractivity contribution is 0.728. The van der Waals surface area contributed by atoms with Gasteiger partial charge in [0.15, 0.2) is 0 Å². The number of rotatable bonds is 3. The first-order valence-electron chi connectivity index (χ1n) is 4.74. The molecule has 1 heterocycles. The Balaban J connectivity index is 2.17. The first kappa shape index (κ1) is 12.0. The number of halogens is 2. The maximum Gasteiger partial charge on any atom is 0.0794 e. The third kappa shape index (κ3) is 3.04. The average Bonchev–Trinajstić information content (AvgIpc) is 2.68. The predicted octanol–water partition coefficient (Wildman–Crippen LogP) is 3.80. The van der Waals surface area contributed by atoms with E-state index in [2.05, 4.69) is 20.9 Å². The van der Waals surface area contributed by atoms with E-state index in [0.717, 1.165) is 16.5 Å². The molecule has 0 bridgehead atoms. The van der Waals surface area contributed by atoms with Crippen LogP contribution in [0.15, 0.2) is 34.4 Å². The molecule has 0 aliphatic rings. The molecule has 0 fully saturated rings. The molecule has 2 N–H and O–H groups in total. The maximum absolute atomic E-state index is 6.12. The van der Waals surface area contributed by atoms with Crippen LogP contribution in [-0.4, -0.2) is 4.98 Å². The molecule has 0 saturated carbocycles. The number of benzene rings is 1. The second-order valence-electron chi connectivity index (χ2n) is 3.48. The summed E-state index contributed by atoms with van der Waals surface area (Å²) in [6, 6.07) is 5.70. The summed E-state index contributed by atoms with van der Waals surface area (Å²) in [5.41, 5.74) is 8.97. The summed E-state index contributed by atoms with van der Waals surface area (Å²) < 4.78 is 0.953. The van der Waals surface area contributed by atoms with Crippen molar-refractivity contribution in [3.05, 3.63) is 49.8 Å². The van der Waals surface area contributed by atoms with Crippen molar-refractivity contribution < 1.29 is 0 Å². The van der Waals surface area contributed by atoms with Crippen LogP contribution in [0.2, 0.25) is 5.02 Å². The van der Waals surface area contributed by atoms with Crippen molar-refractivity contribution in [1.82, 2.24) is 4.98 Å². The Morgan fingerprint density at radius 1 is 1.44 bits per heavy atom. The second kappa shape index (κ2) is 5.27. The molecule has 0 aliphatic carbocycles. The van der Waals surface area contributed by atoms with Crippen LogP contribution in [0.5, 0.6) is 0 Å². The van der Waals surface area contributed by atoms with Crippen molar-refractivity contribution in [1.29, 1.82) is 0 Å². The molecular weight excluding hydrogens is 308 g/mol. The van der Waals surface area contributed by atoms with Crippen molar-refractivity contribution in [3.8, 4) is 0 Å². The lowest BCUT2D eigenvalue weighted by Crippen LogP contribution is -2.12. The van der Waals surface area contributed by atoms with Gasteiger partial charge < -0.3 is 5.73 Å². The van der Waals surface area contributed by atoms with Gasteiger partial charge in [-0.3, -0.25) is 4.98 Å². The van der Waals surface area contributed by atoms with Gasteiger partial charge in [0.1, 0.15) is 0 Å². The van der Waals surface area contributed by atoms with Gasteiger partial charge in [0.25, 0.3) is 0 Å². The summed E-state index contributed by atoms with van der Waals surface area (Å²) in [7, 11) is 0. The average molecular weight is 318 g/mol. The summed E-state index contributed by atoms with van der Waals surface area (Å²) in [6.45, 7) is 0. The highest BCUT2D eigenvalue weighted by Gasteiger charge is 2.09. The minimum Gasteiger partial charge on any atom is -0.324 e. The number of nitrogens with zero attached hydrogens (tertiary/aromatic N) is 1. The fourth-order valence-corrected chi connectivity index (χ4v) is 3.01. The predicted molar refractivity (Wildman–Crippen MR) is 71.9 cm³/mol. The fraction of sp³-hybridized carbons (Fsp3) is 0.182. The topological polar surface area (TPSA) is 38.9 Å². The SMILES string of the molecule is NC(Cc1cncs1)c1cc(Cl)cc(Br)c1. The standard InChI is InChI=1S/C11H10BrClN2S/c12-8-1-7(2-9(13)3-8)11(14)4-10-5-15-6-16-10/h1-3,5-6,11H,4,14H2. The molecule has 0 saturated heterocycles. The normalized spacial score (nSPS) is 12.7. The van der Waals surface area contributed by atoms with Crippen LogP contribution in [0.3, 0.4) is 0 Å². The van der Waals surface area contributed by atoms with Gasteiger partial charge in [-0.05, 0) is 23.8 Å². The van der Waals surface area contributed by atoms with E-state index in [1.54, 1.807) is 11.3 Å². The zero-order valence-electron chi connectivity index (χ0n) is 8.36. The van der Waals surface area contributed by atoms with Crippen LogP contribution in [0, 0.1) is 0 Å². The quantitative estimate of drug-likeness (QED) is 0.935. The van der Waals surface area contributed by atoms with Crippen molar-refractivity contribution in [2.75, 3.05) is 0 Å². The largest absolute Gasteiger partial charge is 0.324 e. The minimum atomic E-state index is -0.0459. The zero-order chi connectivity index (χ0) is 11.5. The fourth-order valence-electron chi connectivity index (χ4n) is 1.47. The van der Waals surface area contributed by atoms with Crippen LogP contribution in [0.1, 0.15) is 16.5 Å². The minimum absolute atomic E-state index is 0.0459. The van der Waals surface area contributed by atoms with Gasteiger partial charge in [-0.1, -0.05) is 27.5 Å². The molecule has 1 unspecified atom stereocenters. The number of thiazole rings is 1. The van der Waals surface area contributed by atoms with Crippen molar-refractivity contribution in [2.45, 2.75) is 12.5 Å². The van der Waals surface area contributed by atoms with E-state index in [1.165, 1.54) is 4.88 Å². The van der Waals surface area contributed by atoms with Gasteiger partial charge >= 0.3 is 0 Å². The van der Waals surface area contributed by atoms with Gasteiger partial charge in [-0.25, -0.2) is 0 Å². The highest BCUT2D eigenvalue weighted by atomic mass is 79.9.